The second-order valence-electron chi connectivity index (χ2n) is 15.2. The van der Waals surface area contributed by atoms with Gasteiger partial charge in [0.25, 0.3) is 0 Å². The molecule has 25 atom stereocenters. The Kier molecular flexibility index (Phi) is 16.4. The molecule has 5 heterocycles. The van der Waals surface area contributed by atoms with E-state index in [9.17, 15) is 70.9 Å². The number of nitrogens with one attached hydrogen (secondary N) is 1. The summed E-state index contributed by atoms with van der Waals surface area (Å²) in [4.78, 5) is 24.7. The predicted molar refractivity (Wildman–Crippen MR) is 183 cm³/mol. The average molecular weight is 864 g/mol. The van der Waals surface area contributed by atoms with Gasteiger partial charge in [-0.1, -0.05) is 0 Å². The Morgan fingerprint density at radius 1 is 0.475 bits per heavy atom. The van der Waals surface area contributed by atoms with Crippen molar-refractivity contribution in [2.24, 2.45) is 0 Å². The zero-order valence-electron chi connectivity index (χ0n) is 32.6. The van der Waals surface area contributed by atoms with E-state index in [0.29, 0.717) is 0 Å². The third-order valence-corrected chi connectivity index (χ3v) is 10.9. The minimum Gasteiger partial charge on any atom is -0.454 e. The lowest BCUT2D eigenvalue weighted by molar-refractivity contribution is -0.403. The van der Waals surface area contributed by atoms with Crippen LogP contribution in [-0.4, -0.2) is 240 Å². The molecule has 0 saturated carbocycles. The van der Waals surface area contributed by atoms with Crippen molar-refractivity contribution in [1.82, 2.24) is 5.32 Å². The highest BCUT2D eigenvalue weighted by molar-refractivity contribution is 5.73. The van der Waals surface area contributed by atoms with Crippen molar-refractivity contribution in [2.45, 2.75) is 188 Å². The van der Waals surface area contributed by atoms with Crippen molar-refractivity contribution in [2.75, 3.05) is 13.2 Å². The zero-order valence-corrected chi connectivity index (χ0v) is 32.6. The van der Waals surface area contributed by atoms with Gasteiger partial charge in [-0.05, 0) is 20.8 Å². The molecular formula is C34H57NO24. The summed E-state index contributed by atoms with van der Waals surface area (Å²) in [5, 5.41) is 131. The summed E-state index contributed by atoms with van der Waals surface area (Å²) in [5.74, 6) is -1.71. The largest absolute Gasteiger partial charge is 0.454 e. The fraction of sp³-hybridized carbons (Fsp3) is 0.941. The topological polar surface area (TPSA) is 381 Å². The van der Waals surface area contributed by atoms with Crippen LogP contribution in [0.3, 0.4) is 0 Å². The first-order valence-electron chi connectivity index (χ1n) is 19.1. The molecule has 25 nitrogen and oxygen atoms in total. The molecule has 0 unspecified atom stereocenters. The highest BCUT2D eigenvalue weighted by Gasteiger charge is 2.57. The Hall–Kier alpha value is -1.90. The van der Waals surface area contributed by atoms with Crippen molar-refractivity contribution in [3.8, 4) is 0 Å². The Morgan fingerprint density at radius 2 is 0.949 bits per heavy atom. The minimum atomic E-state index is -2.02. The number of rotatable bonds is 12. The van der Waals surface area contributed by atoms with E-state index in [4.69, 9.17) is 47.4 Å². The first-order valence-corrected chi connectivity index (χ1v) is 19.1. The van der Waals surface area contributed by atoms with Crippen LogP contribution >= 0.6 is 0 Å². The molecule has 13 N–H and O–H groups in total. The van der Waals surface area contributed by atoms with Gasteiger partial charge in [0, 0.05) is 13.8 Å². The highest BCUT2D eigenvalue weighted by Crippen LogP contribution is 2.37. The minimum absolute atomic E-state index is 0.787. The fourth-order valence-corrected chi connectivity index (χ4v) is 7.52. The smallest absolute Gasteiger partial charge is 0.303 e. The summed E-state index contributed by atoms with van der Waals surface area (Å²) in [6.07, 6.45) is -41.2. The first kappa shape index (κ1) is 48.1. The van der Waals surface area contributed by atoms with E-state index in [1.807, 2.05) is 0 Å². The molecule has 5 aliphatic heterocycles. The van der Waals surface area contributed by atoms with Crippen molar-refractivity contribution >= 4 is 11.9 Å². The zero-order chi connectivity index (χ0) is 43.8. The van der Waals surface area contributed by atoms with Gasteiger partial charge < -0.3 is 114 Å². The monoisotopic (exact) mass is 863 g/mol. The quantitative estimate of drug-likeness (QED) is 0.0810. The van der Waals surface area contributed by atoms with Gasteiger partial charge in [-0.3, -0.25) is 9.59 Å². The summed E-state index contributed by atoms with van der Waals surface area (Å²) in [5.41, 5.74) is 0. The molecule has 0 aromatic heterocycles. The van der Waals surface area contributed by atoms with Gasteiger partial charge in [-0.15, -0.1) is 0 Å². The van der Waals surface area contributed by atoms with Crippen LogP contribution in [0.25, 0.3) is 0 Å². The van der Waals surface area contributed by atoms with Crippen LogP contribution in [0.1, 0.15) is 34.6 Å². The van der Waals surface area contributed by atoms with Crippen LogP contribution < -0.4 is 5.32 Å². The lowest BCUT2D eigenvalue weighted by Gasteiger charge is -2.51. The van der Waals surface area contributed by atoms with E-state index in [2.05, 4.69) is 5.32 Å². The first-order chi connectivity index (χ1) is 27.7. The summed E-state index contributed by atoms with van der Waals surface area (Å²) in [6.45, 7) is 4.32. The lowest BCUT2D eigenvalue weighted by atomic mass is 9.94. The van der Waals surface area contributed by atoms with E-state index in [1.54, 1.807) is 0 Å². The molecule has 0 radical (unpaired) electrons. The van der Waals surface area contributed by atoms with Gasteiger partial charge in [-0.25, -0.2) is 0 Å². The molecule has 5 fully saturated rings. The van der Waals surface area contributed by atoms with Crippen molar-refractivity contribution in [1.29, 1.82) is 0 Å². The van der Waals surface area contributed by atoms with Crippen LogP contribution in [0, 0.1) is 0 Å². The van der Waals surface area contributed by atoms with Gasteiger partial charge in [0.2, 0.25) is 5.91 Å². The molecule has 59 heavy (non-hydrogen) atoms. The molecule has 5 aliphatic rings. The van der Waals surface area contributed by atoms with E-state index in [-0.39, 0.29) is 0 Å². The number of aliphatic hydroxyl groups excluding tert-OH is 12. The molecule has 0 aliphatic carbocycles. The molecule has 1 amide bonds. The molecule has 342 valence electrons. The van der Waals surface area contributed by atoms with Crippen molar-refractivity contribution < 1.29 is 118 Å². The Labute approximate surface area is 336 Å². The SMILES string of the molecule is CC(=O)N[C@H]1[C@H](O[C@H]2[C@H](O[C@@H]3[C@H](O)[C@@H](O)[C@H](C)O[C@H]3O)O[C@@H](C)[C@H](O)[C@H]2O[C@@H]2O[C@H](CO)[C@@H](O)[C@H](O)[C@H]2O)O[C@H](CO)[C@@H](O)[C@@H]1O[C@@H]1O[C@@H](C)[C@H](O)[C@@H](O)[C@H]1OC(C)=O. The predicted octanol–water partition coefficient (Wildman–Crippen LogP) is -8.13. The number of aliphatic hydroxyl groups is 12. The fourth-order valence-electron chi connectivity index (χ4n) is 7.52. The van der Waals surface area contributed by atoms with Crippen molar-refractivity contribution in [3.63, 3.8) is 0 Å². The van der Waals surface area contributed by atoms with Gasteiger partial charge >= 0.3 is 5.97 Å². The number of carbonyl (C=O) groups excluding carboxylic acids is 2. The second-order valence-corrected chi connectivity index (χ2v) is 15.2. The molecule has 0 spiro atoms. The number of amides is 1. The van der Waals surface area contributed by atoms with Crippen LogP contribution in [0.5, 0.6) is 0 Å². The standard InChI is InChI=1S/C34H57NO24/c1-8-16(40)22(46)27(30(49)50-8)58-34-29(26(18(42)10(3)52-34)57-32-24(48)21(45)19(43)13(6-36)55-32)59-31-15(35-11(4)38)25(20(44)14(7-37)54-31)56-33-28(53-12(5)39)23(47)17(41)9(2)51-33/h8-10,13-34,36-37,40-49H,6-7H2,1-5H3,(H,35,38)/t8-,9-,10-,13+,14+,15+,16-,17-,18-,19+,20+,21-,22+,23+,24+,25+,26+,27+,28+,29+,30+,31-,32-,33-,34-/m0/s1. The number of esters is 1. The third-order valence-electron chi connectivity index (χ3n) is 10.9. The maximum absolute atomic E-state index is 12.7. The summed E-state index contributed by atoms with van der Waals surface area (Å²) in [6, 6.07) is -1.67. The number of carbonyl (C=O) groups is 2. The molecule has 0 bridgehead atoms. The number of hydrogen-bond donors (Lipinski definition) is 13. The normalized spacial score (nSPS) is 50.8. The molecule has 0 aromatic carbocycles. The Balaban J connectivity index is 1.55. The van der Waals surface area contributed by atoms with Crippen LogP contribution in [0.4, 0.5) is 0 Å². The second kappa shape index (κ2) is 20.1. The van der Waals surface area contributed by atoms with E-state index in [0.717, 1.165) is 13.8 Å². The van der Waals surface area contributed by atoms with Gasteiger partial charge in [0.15, 0.2) is 37.6 Å². The van der Waals surface area contributed by atoms with E-state index in [1.165, 1.54) is 20.8 Å². The maximum atomic E-state index is 12.7. The molecule has 5 rings (SSSR count). The Bertz CT molecular complexity index is 1380. The average Bonchev–Trinajstić information content (AvgIpc) is 3.18. The summed E-state index contributed by atoms with van der Waals surface area (Å²) < 4.78 is 57.8. The van der Waals surface area contributed by atoms with Crippen LogP contribution in [-0.2, 0) is 57.0 Å². The third kappa shape index (κ3) is 10.3. The summed E-state index contributed by atoms with van der Waals surface area (Å²) >= 11 is 0. The van der Waals surface area contributed by atoms with Crippen LogP contribution in [0.15, 0.2) is 0 Å². The van der Waals surface area contributed by atoms with Gasteiger partial charge in [0.1, 0.15) is 97.6 Å². The van der Waals surface area contributed by atoms with Crippen molar-refractivity contribution in [3.05, 3.63) is 0 Å². The van der Waals surface area contributed by atoms with Crippen LogP contribution in [0.2, 0.25) is 0 Å². The number of ether oxygens (including phenoxy) is 10. The highest BCUT2D eigenvalue weighted by atomic mass is 16.8. The van der Waals surface area contributed by atoms with Gasteiger partial charge in [0.05, 0.1) is 31.5 Å². The molecule has 25 heteroatoms. The van der Waals surface area contributed by atoms with Gasteiger partial charge in [-0.2, -0.15) is 0 Å². The van der Waals surface area contributed by atoms with E-state index >= 15 is 0 Å². The molecule has 0 aromatic rings. The molecule has 5 saturated heterocycles. The summed E-state index contributed by atoms with van der Waals surface area (Å²) in [7, 11) is 0. The maximum Gasteiger partial charge on any atom is 0.303 e. The lowest BCUT2D eigenvalue weighted by Crippen LogP contribution is -2.70. The molecular weight excluding hydrogens is 806 g/mol. The number of hydrogen-bond acceptors (Lipinski definition) is 24. The van der Waals surface area contributed by atoms with E-state index < -0.39 is 179 Å². The Morgan fingerprint density at radius 3 is 1.53 bits per heavy atom.